The topological polar surface area (TPSA) is 141 Å². The van der Waals surface area contributed by atoms with Crippen molar-refractivity contribution in [2.24, 2.45) is 7.05 Å². The van der Waals surface area contributed by atoms with Crippen LogP contribution < -0.4 is 21.1 Å². The number of thiazole rings is 1. The molecule has 40 heavy (non-hydrogen) atoms. The summed E-state index contributed by atoms with van der Waals surface area (Å²) in [7, 11) is 1.52. The normalized spacial score (nSPS) is 15.7. The molecule has 0 saturated carbocycles. The Morgan fingerprint density at radius 2 is 1.93 bits per heavy atom. The molecular formula is C25H21F3N6O5S. The van der Waals surface area contributed by atoms with Crippen LogP contribution in [-0.2, 0) is 24.4 Å². The molecule has 11 nitrogen and oxygen atoms in total. The van der Waals surface area contributed by atoms with E-state index in [-0.39, 0.29) is 34.7 Å². The van der Waals surface area contributed by atoms with Gasteiger partial charge in [-0.05, 0) is 26.0 Å². The zero-order chi connectivity index (χ0) is 28.8. The van der Waals surface area contributed by atoms with Crippen molar-refractivity contribution in [3.8, 4) is 16.3 Å². The van der Waals surface area contributed by atoms with Gasteiger partial charge >= 0.3 is 11.9 Å². The largest absolute Gasteiger partial charge is 0.477 e. The van der Waals surface area contributed by atoms with Gasteiger partial charge in [0, 0.05) is 47.8 Å². The number of fused-ring (bicyclic) bond motifs is 1. The minimum absolute atomic E-state index is 0.00730. The number of carbonyl (C=O) groups excluding carboxylic acids is 2. The fraction of sp³-hybridized carbons (Fsp3) is 0.280. The van der Waals surface area contributed by atoms with Crippen LogP contribution >= 0.6 is 11.3 Å². The lowest BCUT2D eigenvalue weighted by molar-refractivity contribution is -0.145. The monoisotopic (exact) mass is 574 g/mol. The van der Waals surface area contributed by atoms with Gasteiger partial charge in [-0.15, -0.1) is 11.3 Å². The number of benzene rings is 1. The average molecular weight is 575 g/mol. The Morgan fingerprint density at radius 3 is 2.52 bits per heavy atom. The van der Waals surface area contributed by atoms with E-state index in [9.17, 15) is 27.6 Å². The number of hydrogen-bond acceptors (Lipinski definition) is 9. The number of carbonyl (C=O) groups is 2. The summed E-state index contributed by atoms with van der Waals surface area (Å²) in [6.45, 7) is 3.44. The van der Waals surface area contributed by atoms with Gasteiger partial charge in [-0.25, -0.2) is 19.7 Å². The van der Waals surface area contributed by atoms with Gasteiger partial charge in [0.25, 0.3) is 11.8 Å². The van der Waals surface area contributed by atoms with E-state index in [2.05, 4.69) is 25.6 Å². The first kappa shape index (κ1) is 27.1. The maximum atomic E-state index is 13.2. The molecule has 3 aromatic heterocycles. The zero-order valence-corrected chi connectivity index (χ0v) is 22.0. The van der Waals surface area contributed by atoms with Crippen LogP contribution in [0.25, 0.3) is 10.6 Å². The number of anilines is 1. The average Bonchev–Trinajstić information content (AvgIpc) is 3.47. The van der Waals surface area contributed by atoms with Crippen LogP contribution in [0.15, 0.2) is 46.1 Å². The quantitative estimate of drug-likeness (QED) is 0.356. The van der Waals surface area contributed by atoms with Gasteiger partial charge in [0.15, 0.2) is 11.9 Å². The first-order valence-corrected chi connectivity index (χ1v) is 12.6. The highest BCUT2D eigenvalue weighted by Gasteiger charge is 2.35. The lowest BCUT2D eigenvalue weighted by Gasteiger charge is -2.27. The second-order valence-corrected chi connectivity index (χ2v) is 10.3. The molecule has 15 heteroatoms. The van der Waals surface area contributed by atoms with Crippen LogP contribution in [0, 0.1) is 6.92 Å². The van der Waals surface area contributed by atoms with E-state index in [1.807, 2.05) is 6.92 Å². The number of ether oxygens (including phenoxy) is 1. The fourth-order valence-corrected chi connectivity index (χ4v) is 4.77. The fourth-order valence-electron chi connectivity index (χ4n) is 3.99. The molecule has 0 radical (unpaired) electrons. The lowest BCUT2D eigenvalue weighted by atomic mass is 10.0. The van der Waals surface area contributed by atoms with Crippen molar-refractivity contribution in [2.45, 2.75) is 38.6 Å². The van der Waals surface area contributed by atoms with Crippen molar-refractivity contribution in [3.05, 3.63) is 75.1 Å². The Labute approximate surface area is 228 Å². The maximum absolute atomic E-state index is 13.2. The Kier molecular flexibility index (Phi) is 6.91. The van der Waals surface area contributed by atoms with Crippen LogP contribution in [0.1, 0.15) is 45.3 Å². The van der Waals surface area contributed by atoms with E-state index in [1.165, 1.54) is 35.2 Å². The number of alkyl halides is 3. The molecule has 0 fully saturated rings. The van der Waals surface area contributed by atoms with Gasteiger partial charge in [-0.2, -0.15) is 13.2 Å². The zero-order valence-electron chi connectivity index (χ0n) is 21.2. The van der Waals surface area contributed by atoms with Crippen molar-refractivity contribution in [2.75, 3.05) is 5.32 Å². The number of hydrogen-bond donors (Lipinski definition) is 2. The number of halogens is 3. The molecule has 1 unspecified atom stereocenters. The van der Waals surface area contributed by atoms with Crippen molar-refractivity contribution in [1.82, 2.24) is 24.8 Å². The van der Waals surface area contributed by atoms with E-state index >= 15 is 0 Å². The number of aryl methyl sites for hydroxylation is 2. The predicted octanol–water partition coefficient (Wildman–Crippen LogP) is 3.65. The Hall–Kier alpha value is -4.53. The number of oxazole rings is 1. The highest BCUT2D eigenvalue weighted by Crippen LogP contribution is 2.42. The standard InChI is InChI=1S/C25H21F3N6O5S/c1-11-7-29-22(40-11)16-4-13(20(35)32-12(2)14-8-30-23(31-9-14)25(26,27)28)5-17-19(16)39-18(21(36)33-17)6-15-10-34(3)24(37)38-15/h4-5,7-10,12,18H,6H2,1-3H3,(H,32,35)(H,33,36)/t12-,18?/m1/s1. The van der Waals surface area contributed by atoms with Gasteiger partial charge in [-0.1, -0.05) is 0 Å². The smallest absolute Gasteiger partial charge is 0.451 e. The lowest BCUT2D eigenvalue weighted by Crippen LogP contribution is -2.39. The molecule has 2 amide bonds. The number of nitrogens with zero attached hydrogens (tertiary/aromatic N) is 4. The van der Waals surface area contributed by atoms with Gasteiger partial charge < -0.3 is 19.8 Å². The number of amides is 2. The molecule has 4 aromatic rings. The highest BCUT2D eigenvalue weighted by molar-refractivity contribution is 7.15. The summed E-state index contributed by atoms with van der Waals surface area (Å²) in [5, 5.41) is 5.99. The molecule has 0 spiro atoms. The van der Waals surface area contributed by atoms with Crippen LogP contribution in [0.4, 0.5) is 18.9 Å². The number of aromatic nitrogens is 4. The minimum Gasteiger partial charge on any atom is -0.477 e. The number of rotatable bonds is 6. The molecule has 0 aliphatic carbocycles. The van der Waals surface area contributed by atoms with Crippen LogP contribution in [0.5, 0.6) is 5.75 Å². The second-order valence-electron chi connectivity index (χ2n) is 9.08. The highest BCUT2D eigenvalue weighted by atomic mass is 32.1. The molecular weight excluding hydrogens is 553 g/mol. The van der Waals surface area contributed by atoms with Crippen molar-refractivity contribution < 1.29 is 31.9 Å². The molecule has 4 heterocycles. The van der Waals surface area contributed by atoms with Crippen molar-refractivity contribution in [1.29, 1.82) is 0 Å². The Balaban J connectivity index is 1.44. The summed E-state index contributed by atoms with van der Waals surface area (Å²) >= 11 is 1.35. The van der Waals surface area contributed by atoms with Gasteiger partial charge in [0.05, 0.1) is 23.7 Å². The summed E-state index contributed by atoms with van der Waals surface area (Å²) < 4.78 is 50.8. The van der Waals surface area contributed by atoms with Gasteiger partial charge in [0.2, 0.25) is 5.82 Å². The molecule has 1 aliphatic heterocycles. The van der Waals surface area contributed by atoms with E-state index in [1.54, 1.807) is 19.2 Å². The van der Waals surface area contributed by atoms with E-state index < -0.39 is 41.7 Å². The van der Waals surface area contributed by atoms with Crippen LogP contribution in [0.2, 0.25) is 0 Å². The molecule has 2 atom stereocenters. The number of nitrogens with one attached hydrogen (secondary N) is 2. The molecule has 5 rings (SSSR count). The van der Waals surface area contributed by atoms with E-state index in [0.29, 0.717) is 10.6 Å². The minimum atomic E-state index is -4.68. The van der Waals surface area contributed by atoms with Gasteiger partial charge in [0.1, 0.15) is 10.8 Å². The summed E-state index contributed by atoms with van der Waals surface area (Å²) in [4.78, 5) is 49.7. The third kappa shape index (κ3) is 5.45. The van der Waals surface area contributed by atoms with Crippen molar-refractivity contribution in [3.63, 3.8) is 0 Å². The molecule has 0 bridgehead atoms. The predicted molar refractivity (Wildman–Crippen MR) is 136 cm³/mol. The summed E-state index contributed by atoms with van der Waals surface area (Å²) in [5.74, 6) is -2.37. The summed E-state index contributed by atoms with van der Waals surface area (Å²) in [5.41, 5.74) is 1.10. The third-order valence-corrected chi connectivity index (χ3v) is 6.96. The Morgan fingerprint density at radius 1 is 1.20 bits per heavy atom. The van der Waals surface area contributed by atoms with Crippen molar-refractivity contribution >= 4 is 28.8 Å². The van der Waals surface area contributed by atoms with Crippen LogP contribution in [-0.4, -0.2) is 37.4 Å². The maximum Gasteiger partial charge on any atom is 0.451 e. The first-order chi connectivity index (χ1) is 18.9. The third-order valence-electron chi connectivity index (χ3n) is 6.02. The van der Waals surface area contributed by atoms with Crippen LogP contribution in [0.3, 0.4) is 0 Å². The molecule has 1 aliphatic rings. The van der Waals surface area contributed by atoms with Gasteiger partial charge in [-0.3, -0.25) is 14.2 Å². The van der Waals surface area contributed by atoms with E-state index in [4.69, 9.17) is 9.15 Å². The molecule has 1 aromatic carbocycles. The second kappa shape index (κ2) is 10.2. The molecule has 2 N–H and O–H groups in total. The molecule has 208 valence electrons. The molecule has 0 saturated heterocycles. The summed E-state index contributed by atoms with van der Waals surface area (Å²) in [6.07, 6.45) is -0.580. The Bertz CT molecular complexity index is 1660. The van der Waals surface area contributed by atoms with E-state index in [0.717, 1.165) is 17.3 Å². The summed E-state index contributed by atoms with van der Waals surface area (Å²) in [6, 6.07) is 2.26. The SMILES string of the molecule is Cc1cnc(-c2cc(C(=O)N[C@H](C)c3cnc(C(F)(F)F)nc3)cc3c2OC(Cc2cn(C)c(=O)o2)C(=O)N3)s1. The first-order valence-electron chi connectivity index (χ1n) is 11.8.